The summed E-state index contributed by atoms with van der Waals surface area (Å²) < 4.78 is 5.23. The van der Waals surface area contributed by atoms with Crippen LogP contribution in [0.4, 0.5) is 0 Å². The van der Waals surface area contributed by atoms with E-state index in [0.29, 0.717) is 6.04 Å². The fourth-order valence-electron chi connectivity index (χ4n) is 2.82. The van der Waals surface area contributed by atoms with Crippen molar-refractivity contribution in [3.8, 4) is 0 Å². The Bertz CT molecular complexity index is 247. The van der Waals surface area contributed by atoms with E-state index in [-0.39, 0.29) is 5.54 Å². The van der Waals surface area contributed by atoms with Crippen LogP contribution in [0.15, 0.2) is 0 Å². The molecule has 0 bridgehead atoms. The van der Waals surface area contributed by atoms with Crippen LogP contribution >= 0.6 is 0 Å². The third-order valence-corrected chi connectivity index (χ3v) is 4.52. The van der Waals surface area contributed by atoms with E-state index in [9.17, 15) is 0 Å². The molecular weight excluding hydrogens is 212 g/mol. The van der Waals surface area contributed by atoms with Crippen LogP contribution in [0.5, 0.6) is 0 Å². The minimum Gasteiger partial charge on any atom is -0.383 e. The molecule has 2 atom stereocenters. The van der Waals surface area contributed by atoms with Gasteiger partial charge in [0.2, 0.25) is 0 Å². The van der Waals surface area contributed by atoms with Gasteiger partial charge in [-0.15, -0.1) is 0 Å². The summed E-state index contributed by atoms with van der Waals surface area (Å²) in [4.78, 5) is 2.56. The minimum atomic E-state index is -0.00308. The van der Waals surface area contributed by atoms with Gasteiger partial charge in [0.05, 0.1) is 6.61 Å². The molecule has 0 aromatic carbocycles. The average Bonchev–Trinajstić information content (AvgIpc) is 3.15. The molecule has 3 nitrogen and oxygen atoms in total. The second kappa shape index (κ2) is 5.25. The number of rotatable bonds is 8. The molecule has 2 aliphatic carbocycles. The lowest BCUT2D eigenvalue weighted by molar-refractivity contribution is 0.0946. The first-order valence-corrected chi connectivity index (χ1v) is 7.06. The van der Waals surface area contributed by atoms with Gasteiger partial charge >= 0.3 is 0 Å². The van der Waals surface area contributed by atoms with Crippen molar-refractivity contribution in [1.29, 1.82) is 0 Å². The van der Waals surface area contributed by atoms with Crippen LogP contribution < -0.4 is 5.73 Å². The highest BCUT2D eigenvalue weighted by molar-refractivity contribution is 4.99. The van der Waals surface area contributed by atoms with Crippen LogP contribution in [0.25, 0.3) is 0 Å². The number of hydrogen-bond acceptors (Lipinski definition) is 3. The standard InChI is InChI=1S/C14H28N2O/c1-11(12-4-5-12)16(8-9-17-3)10-14(2,15)13-6-7-13/h11-13H,4-10,15H2,1-3H3. The highest BCUT2D eigenvalue weighted by atomic mass is 16.5. The van der Waals surface area contributed by atoms with Gasteiger partial charge in [0.1, 0.15) is 0 Å². The number of hydrogen-bond donors (Lipinski definition) is 1. The number of nitrogens with zero attached hydrogens (tertiary/aromatic N) is 1. The maximum atomic E-state index is 6.47. The van der Waals surface area contributed by atoms with Crippen LogP contribution in [-0.2, 0) is 4.74 Å². The highest BCUT2D eigenvalue weighted by Crippen LogP contribution is 2.40. The normalized spacial score (nSPS) is 25.9. The molecule has 2 saturated carbocycles. The van der Waals surface area contributed by atoms with Crippen molar-refractivity contribution in [3.63, 3.8) is 0 Å². The Hall–Kier alpha value is -0.120. The summed E-state index contributed by atoms with van der Waals surface area (Å²) in [5, 5.41) is 0. The van der Waals surface area contributed by atoms with Crippen molar-refractivity contribution in [2.45, 2.75) is 51.1 Å². The van der Waals surface area contributed by atoms with Gasteiger partial charge in [-0.25, -0.2) is 0 Å². The van der Waals surface area contributed by atoms with Crippen LogP contribution in [0.1, 0.15) is 39.5 Å². The minimum absolute atomic E-state index is 0.00308. The van der Waals surface area contributed by atoms with Crippen molar-refractivity contribution in [1.82, 2.24) is 4.90 Å². The van der Waals surface area contributed by atoms with Crippen LogP contribution in [0.3, 0.4) is 0 Å². The summed E-state index contributed by atoms with van der Waals surface area (Å²) in [6.07, 6.45) is 5.44. The molecule has 2 fully saturated rings. The maximum Gasteiger partial charge on any atom is 0.0589 e. The lowest BCUT2D eigenvalue weighted by Gasteiger charge is -2.36. The predicted octanol–water partition coefficient (Wildman–Crippen LogP) is 1.86. The molecule has 2 rings (SSSR count). The second-order valence-corrected chi connectivity index (χ2v) is 6.32. The molecule has 2 N–H and O–H groups in total. The zero-order chi connectivity index (χ0) is 12.5. The molecule has 0 saturated heterocycles. The summed E-state index contributed by atoms with van der Waals surface area (Å²) in [6, 6.07) is 0.673. The monoisotopic (exact) mass is 240 g/mol. The predicted molar refractivity (Wildman–Crippen MR) is 71.0 cm³/mol. The van der Waals surface area contributed by atoms with Crippen LogP contribution in [-0.4, -0.2) is 43.3 Å². The first-order chi connectivity index (χ1) is 8.04. The van der Waals surface area contributed by atoms with E-state index in [1.165, 1.54) is 25.7 Å². The Kier molecular flexibility index (Phi) is 4.11. The lowest BCUT2D eigenvalue weighted by atomic mass is 9.95. The SMILES string of the molecule is COCCN(CC(C)(N)C1CC1)C(C)C1CC1. The largest absolute Gasteiger partial charge is 0.383 e. The van der Waals surface area contributed by atoms with E-state index in [2.05, 4.69) is 18.7 Å². The molecule has 0 heterocycles. The van der Waals surface area contributed by atoms with Crippen molar-refractivity contribution in [3.05, 3.63) is 0 Å². The van der Waals surface area contributed by atoms with Gasteiger partial charge in [0, 0.05) is 31.8 Å². The van der Waals surface area contributed by atoms with Crippen molar-refractivity contribution in [2.75, 3.05) is 26.8 Å². The van der Waals surface area contributed by atoms with Gasteiger partial charge in [0.25, 0.3) is 0 Å². The first-order valence-electron chi connectivity index (χ1n) is 7.06. The smallest absolute Gasteiger partial charge is 0.0589 e. The van der Waals surface area contributed by atoms with Gasteiger partial charge in [-0.2, -0.15) is 0 Å². The molecule has 2 aliphatic rings. The Morgan fingerprint density at radius 3 is 2.47 bits per heavy atom. The third kappa shape index (κ3) is 3.67. The van der Waals surface area contributed by atoms with Gasteiger partial charge in [-0.05, 0) is 51.4 Å². The van der Waals surface area contributed by atoms with E-state index in [1.54, 1.807) is 7.11 Å². The van der Waals surface area contributed by atoms with Crippen molar-refractivity contribution in [2.24, 2.45) is 17.6 Å². The van der Waals surface area contributed by atoms with Crippen LogP contribution in [0, 0.1) is 11.8 Å². The molecule has 0 spiro atoms. The van der Waals surface area contributed by atoms with Gasteiger partial charge in [0.15, 0.2) is 0 Å². The van der Waals surface area contributed by atoms with Gasteiger partial charge in [-0.3, -0.25) is 4.90 Å². The summed E-state index contributed by atoms with van der Waals surface area (Å²) >= 11 is 0. The van der Waals surface area contributed by atoms with E-state index in [0.717, 1.165) is 31.5 Å². The van der Waals surface area contributed by atoms with E-state index in [4.69, 9.17) is 10.5 Å². The Morgan fingerprint density at radius 2 is 2.00 bits per heavy atom. The van der Waals surface area contributed by atoms with Crippen LogP contribution in [0.2, 0.25) is 0 Å². The third-order valence-electron chi connectivity index (χ3n) is 4.52. The molecule has 2 unspecified atom stereocenters. The molecule has 3 heteroatoms. The van der Waals surface area contributed by atoms with E-state index >= 15 is 0 Å². The van der Waals surface area contributed by atoms with Crippen molar-refractivity contribution < 1.29 is 4.74 Å². The Balaban J connectivity index is 1.88. The molecule has 100 valence electrons. The highest BCUT2D eigenvalue weighted by Gasteiger charge is 2.41. The molecule has 0 radical (unpaired) electrons. The van der Waals surface area contributed by atoms with Crippen molar-refractivity contribution >= 4 is 0 Å². The summed E-state index contributed by atoms with van der Waals surface area (Å²) in [6.45, 7) is 7.45. The molecule has 0 amide bonds. The molecular formula is C14H28N2O. The molecule has 0 aromatic rings. The number of nitrogens with two attached hydrogens (primary N) is 1. The fraction of sp³-hybridized carbons (Fsp3) is 1.00. The van der Waals surface area contributed by atoms with Gasteiger partial charge < -0.3 is 10.5 Å². The fourth-order valence-corrected chi connectivity index (χ4v) is 2.82. The zero-order valence-corrected chi connectivity index (χ0v) is 11.6. The van der Waals surface area contributed by atoms with E-state index in [1.807, 2.05) is 0 Å². The zero-order valence-electron chi connectivity index (χ0n) is 11.6. The second-order valence-electron chi connectivity index (χ2n) is 6.32. The lowest BCUT2D eigenvalue weighted by Crippen LogP contribution is -2.53. The summed E-state index contributed by atoms with van der Waals surface area (Å²) in [5.74, 6) is 1.65. The molecule has 17 heavy (non-hydrogen) atoms. The number of ether oxygens (including phenoxy) is 1. The van der Waals surface area contributed by atoms with Gasteiger partial charge in [-0.1, -0.05) is 0 Å². The summed E-state index contributed by atoms with van der Waals surface area (Å²) in [7, 11) is 1.78. The first kappa shape index (κ1) is 13.3. The maximum absolute atomic E-state index is 6.47. The van der Waals surface area contributed by atoms with E-state index < -0.39 is 0 Å². The Morgan fingerprint density at radius 1 is 1.35 bits per heavy atom. The average molecular weight is 240 g/mol. The molecule has 0 aliphatic heterocycles. The Labute approximate surface area is 106 Å². The summed E-state index contributed by atoms with van der Waals surface area (Å²) in [5.41, 5.74) is 6.47. The topological polar surface area (TPSA) is 38.5 Å². The quantitative estimate of drug-likeness (QED) is 0.704. The number of methoxy groups -OCH3 is 1. The molecule has 0 aromatic heterocycles.